The number of likely N-dealkylation sites (tertiary alicyclic amines) is 1. The average Bonchev–Trinajstić information content (AvgIpc) is 3.08. The molecule has 46 heavy (non-hydrogen) atoms. The minimum atomic E-state index is -3.86. The molecular formula is C34H32ClN5O5S. The Hall–Kier alpha value is -4.74. The molecule has 1 aromatic heterocycles. The van der Waals surface area contributed by atoms with Crippen molar-refractivity contribution in [1.29, 1.82) is 0 Å². The molecule has 236 valence electrons. The van der Waals surface area contributed by atoms with Crippen LogP contribution in [0.1, 0.15) is 30.4 Å². The fraction of sp³-hybridized carbons (Fsp3) is 0.235. The van der Waals surface area contributed by atoms with Crippen molar-refractivity contribution in [2.24, 2.45) is 0 Å². The molecule has 1 unspecified atom stereocenters. The second kappa shape index (κ2) is 13.3. The first kappa shape index (κ1) is 31.3. The summed E-state index contributed by atoms with van der Waals surface area (Å²) >= 11 is 6.47. The molecule has 0 saturated carbocycles. The molecule has 1 aliphatic heterocycles. The van der Waals surface area contributed by atoms with Crippen LogP contribution < -0.4 is 10.1 Å². The number of amides is 1. The molecule has 10 nitrogen and oxygen atoms in total. The van der Waals surface area contributed by atoms with Gasteiger partial charge in [-0.25, -0.2) is 18.2 Å². The number of benzene rings is 4. The SMILES string of the molecule is COc1ccc(Cl)c(-c2cc(C)c3nc(Nc4ccc(S(=O)(=O)C5CCCCN5C(=O)OCc5ccccc5)cc4)nnc3c2)c1. The lowest BCUT2D eigenvalue weighted by Crippen LogP contribution is -2.48. The van der Waals surface area contributed by atoms with Crippen LogP contribution in [0.5, 0.6) is 5.75 Å². The largest absolute Gasteiger partial charge is 0.497 e. The monoisotopic (exact) mass is 657 g/mol. The van der Waals surface area contributed by atoms with Crippen molar-refractivity contribution in [1.82, 2.24) is 20.1 Å². The summed E-state index contributed by atoms with van der Waals surface area (Å²) in [5.41, 5.74) is 5.23. The van der Waals surface area contributed by atoms with E-state index in [4.69, 9.17) is 21.1 Å². The van der Waals surface area contributed by atoms with Crippen LogP contribution in [-0.4, -0.2) is 53.6 Å². The summed E-state index contributed by atoms with van der Waals surface area (Å²) in [6, 6.07) is 24.9. The highest BCUT2D eigenvalue weighted by atomic mass is 35.5. The molecular weight excluding hydrogens is 626 g/mol. The van der Waals surface area contributed by atoms with Crippen LogP contribution in [0.25, 0.3) is 22.2 Å². The molecule has 4 aromatic carbocycles. The average molecular weight is 658 g/mol. The number of methoxy groups -OCH3 is 1. The van der Waals surface area contributed by atoms with Crippen LogP contribution in [0.15, 0.2) is 89.8 Å². The molecule has 5 aromatic rings. The van der Waals surface area contributed by atoms with Crippen LogP contribution in [0, 0.1) is 6.92 Å². The number of nitrogens with one attached hydrogen (secondary N) is 1. The predicted octanol–water partition coefficient (Wildman–Crippen LogP) is 7.33. The molecule has 1 saturated heterocycles. The van der Waals surface area contributed by atoms with Gasteiger partial charge in [-0.15, -0.1) is 10.2 Å². The van der Waals surface area contributed by atoms with E-state index in [2.05, 4.69) is 20.5 Å². The summed E-state index contributed by atoms with van der Waals surface area (Å²) in [7, 11) is -2.26. The van der Waals surface area contributed by atoms with Crippen molar-refractivity contribution in [2.45, 2.75) is 43.1 Å². The molecule has 1 N–H and O–H groups in total. The Balaban J connectivity index is 1.17. The smallest absolute Gasteiger partial charge is 0.411 e. The number of hydrogen-bond acceptors (Lipinski definition) is 9. The van der Waals surface area contributed by atoms with Crippen LogP contribution in [0.2, 0.25) is 5.02 Å². The van der Waals surface area contributed by atoms with E-state index < -0.39 is 21.3 Å². The summed E-state index contributed by atoms with van der Waals surface area (Å²) in [5, 5.41) is 11.3. The van der Waals surface area contributed by atoms with E-state index in [-0.39, 0.29) is 17.5 Å². The van der Waals surface area contributed by atoms with Gasteiger partial charge in [0.2, 0.25) is 5.95 Å². The number of aryl methyl sites for hydroxylation is 1. The van der Waals surface area contributed by atoms with E-state index in [0.717, 1.165) is 22.3 Å². The van der Waals surface area contributed by atoms with E-state index in [1.165, 1.54) is 17.0 Å². The first-order valence-corrected chi connectivity index (χ1v) is 16.7. The van der Waals surface area contributed by atoms with Gasteiger partial charge >= 0.3 is 6.09 Å². The van der Waals surface area contributed by atoms with Gasteiger partial charge in [0.05, 0.1) is 17.5 Å². The second-order valence-corrected chi connectivity index (χ2v) is 13.5. The number of carbonyl (C=O) groups excluding carboxylic acids is 1. The van der Waals surface area contributed by atoms with E-state index in [1.807, 2.05) is 55.5 Å². The molecule has 12 heteroatoms. The lowest BCUT2D eigenvalue weighted by Gasteiger charge is -2.34. The van der Waals surface area contributed by atoms with Crippen LogP contribution in [0.4, 0.5) is 16.4 Å². The van der Waals surface area contributed by atoms with E-state index in [9.17, 15) is 13.2 Å². The molecule has 0 aliphatic carbocycles. The maximum Gasteiger partial charge on any atom is 0.411 e. The second-order valence-electron chi connectivity index (χ2n) is 11.0. The number of nitrogens with zero attached hydrogens (tertiary/aromatic N) is 4. The fourth-order valence-electron chi connectivity index (χ4n) is 5.52. The zero-order valence-corrected chi connectivity index (χ0v) is 26.9. The van der Waals surface area contributed by atoms with Crippen LogP contribution in [-0.2, 0) is 21.2 Å². The summed E-state index contributed by atoms with van der Waals surface area (Å²) in [6.45, 7) is 2.33. The number of piperidine rings is 1. The Morgan fingerprint density at radius 3 is 2.54 bits per heavy atom. The first-order valence-electron chi connectivity index (χ1n) is 14.8. The fourth-order valence-corrected chi connectivity index (χ4v) is 7.58. The van der Waals surface area contributed by atoms with Crippen molar-refractivity contribution in [2.75, 3.05) is 19.0 Å². The third kappa shape index (κ3) is 6.61. The Labute approximate surface area is 272 Å². The molecule has 0 spiro atoms. The lowest BCUT2D eigenvalue weighted by molar-refractivity contribution is 0.0824. The highest BCUT2D eigenvalue weighted by Gasteiger charge is 2.38. The van der Waals surface area contributed by atoms with E-state index in [1.54, 1.807) is 31.4 Å². The summed E-state index contributed by atoms with van der Waals surface area (Å²) in [6.07, 6.45) is 1.12. The summed E-state index contributed by atoms with van der Waals surface area (Å²) < 4.78 is 38.2. The standard InChI is InChI=1S/C34H32ClN5O5S/c1-22-18-24(28-20-26(44-2)13-16-29(28)35)19-30-32(22)37-33(39-38-30)36-25-11-14-27(15-12-25)46(42,43)31-10-6-7-17-40(31)34(41)45-21-23-8-4-3-5-9-23/h3-5,8-9,11-16,18-20,31H,6-7,10,17,21H2,1-2H3,(H,36,37,39). The molecule has 6 rings (SSSR count). The molecule has 2 heterocycles. The highest BCUT2D eigenvalue weighted by molar-refractivity contribution is 7.92. The summed E-state index contributed by atoms with van der Waals surface area (Å²) in [5.74, 6) is 0.954. The number of sulfone groups is 1. The predicted molar refractivity (Wildman–Crippen MR) is 177 cm³/mol. The van der Waals surface area contributed by atoms with Crippen LogP contribution in [0.3, 0.4) is 0 Å². The molecule has 1 aliphatic rings. The number of hydrogen-bond donors (Lipinski definition) is 1. The zero-order chi connectivity index (χ0) is 32.3. The third-order valence-corrected chi connectivity index (χ3v) is 10.4. The highest BCUT2D eigenvalue weighted by Crippen LogP contribution is 2.34. The first-order chi connectivity index (χ1) is 22.2. The van der Waals surface area contributed by atoms with Crippen LogP contribution >= 0.6 is 11.6 Å². The number of ether oxygens (including phenoxy) is 2. The van der Waals surface area contributed by atoms with Gasteiger partial charge < -0.3 is 14.8 Å². The van der Waals surface area contributed by atoms with Gasteiger partial charge in [0.1, 0.15) is 23.2 Å². The maximum absolute atomic E-state index is 13.7. The number of fused-ring (bicyclic) bond motifs is 1. The number of aromatic nitrogens is 3. The van der Waals surface area contributed by atoms with Crippen molar-refractivity contribution < 1.29 is 22.7 Å². The Kier molecular flexibility index (Phi) is 9.05. The number of anilines is 2. The number of halogens is 1. The third-order valence-electron chi connectivity index (χ3n) is 7.92. The van der Waals surface area contributed by atoms with Gasteiger partial charge in [-0.1, -0.05) is 41.9 Å². The summed E-state index contributed by atoms with van der Waals surface area (Å²) in [4.78, 5) is 19.1. The van der Waals surface area contributed by atoms with Crippen molar-refractivity contribution in [3.05, 3.63) is 101 Å². The van der Waals surface area contributed by atoms with Gasteiger partial charge in [0.25, 0.3) is 0 Å². The van der Waals surface area contributed by atoms with Gasteiger partial charge in [0, 0.05) is 22.8 Å². The van der Waals surface area contributed by atoms with Crippen molar-refractivity contribution in [3.8, 4) is 16.9 Å². The minimum absolute atomic E-state index is 0.0757. The van der Waals surface area contributed by atoms with Gasteiger partial charge in [-0.3, -0.25) is 4.90 Å². The molecule has 1 amide bonds. The molecule has 0 radical (unpaired) electrons. The maximum atomic E-state index is 13.7. The van der Waals surface area contributed by atoms with Crippen molar-refractivity contribution in [3.63, 3.8) is 0 Å². The number of carbonyl (C=O) groups is 1. The Bertz CT molecular complexity index is 1990. The molecule has 1 atom stereocenters. The zero-order valence-electron chi connectivity index (χ0n) is 25.3. The Morgan fingerprint density at radius 1 is 1.00 bits per heavy atom. The quantitative estimate of drug-likeness (QED) is 0.183. The lowest BCUT2D eigenvalue weighted by atomic mass is 10.0. The van der Waals surface area contributed by atoms with Gasteiger partial charge in [0.15, 0.2) is 9.84 Å². The topological polar surface area (TPSA) is 124 Å². The van der Waals surface area contributed by atoms with Gasteiger partial charge in [-0.05, 0) is 97.5 Å². The Morgan fingerprint density at radius 2 is 1.78 bits per heavy atom. The normalized spacial score (nSPS) is 15.0. The van der Waals surface area contributed by atoms with E-state index >= 15 is 0 Å². The van der Waals surface area contributed by atoms with Crippen molar-refractivity contribution >= 4 is 50.2 Å². The van der Waals surface area contributed by atoms with E-state index in [0.29, 0.717) is 53.3 Å². The molecule has 1 fully saturated rings. The minimum Gasteiger partial charge on any atom is -0.497 e. The number of rotatable bonds is 8. The van der Waals surface area contributed by atoms with Gasteiger partial charge in [-0.2, -0.15) is 0 Å². The molecule has 0 bridgehead atoms.